The maximum atomic E-state index is 9.56. The van der Waals surface area contributed by atoms with Crippen molar-refractivity contribution in [3.05, 3.63) is 23.3 Å². The van der Waals surface area contributed by atoms with E-state index in [4.69, 9.17) is 4.74 Å². The normalized spacial score (nSPS) is 15.1. The van der Waals surface area contributed by atoms with E-state index in [9.17, 15) is 5.11 Å². The van der Waals surface area contributed by atoms with Crippen LogP contribution in [-0.2, 0) is 6.42 Å². The van der Waals surface area contributed by atoms with Gasteiger partial charge in [0.05, 0.1) is 6.61 Å². The Hall–Kier alpha value is -1.18. The van der Waals surface area contributed by atoms with E-state index >= 15 is 0 Å². The second kappa shape index (κ2) is 2.70. The third kappa shape index (κ3) is 1.13. The quantitative estimate of drug-likeness (QED) is 0.635. The van der Waals surface area contributed by atoms with Crippen molar-refractivity contribution in [1.29, 1.82) is 0 Å². The molecule has 1 N–H and O–H groups in total. The maximum Gasteiger partial charge on any atom is 0.126 e. The Kier molecular flexibility index (Phi) is 1.68. The van der Waals surface area contributed by atoms with Crippen LogP contribution in [0.15, 0.2) is 12.1 Å². The first kappa shape index (κ1) is 7.47. The van der Waals surface area contributed by atoms with E-state index in [0.717, 1.165) is 36.3 Å². The van der Waals surface area contributed by atoms with Crippen LogP contribution in [0.2, 0.25) is 0 Å². The summed E-state index contributed by atoms with van der Waals surface area (Å²) in [4.78, 5) is 0. The molecule has 1 heterocycles. The molecule has 0 bridgehead atoms. The first-order chi connectivity index (χ1) is 5.77. The van der Waals surface area contributed by atoms with Crippen LogP contribution in [0.1, 0.15) is 17.5 Å². The van der Waals surface area contributed by atoms with E-state index < -0.39 is 0 Å². The molecular weight excluding hydrogens is 152 g/mol. The van der Waals surface area contributed by atoms with Gasteiger partial charge < -0.3 is 9.84 Å². The predicted molar refractivity (Wildman–Crippen MR) is 46.7 cm³/mol. The number of aryl methyl sites for hydroxylation is 1. The second-order valence-corrected chi connectivity index (χ2v) is 3.21. The van der Waals surface area contributed by atoms with Gasteiger partial charge in [0.1, 0.15) is 11.5 Å². The molecule has 12 heavy (non-hydrogen) atoms. The SMILES string of the molecule is Cc1cc(O)c2c(c1)OCCC2. The summed E-state index contributed by atoms with van der Waals surface area (Å²) in [5.41, 5.74) is 2.01. The van der Waals surface area contributed by atoms with Gasteiger partial charge in [-0.05, 0) is 37.5 Å². The van der Waals surface area contributed by atoms with Crippen LogP contribution in [0.4, 0.5) is 0 Å². The molecule has 0 saturated carbocycles. The smallest absolute Gasteiger partial charge is 0.126 e. The first-order valence-electron chi connectivity index (χ1n) is 4.22. The molecule has 64 valence electrons. The molecule has 0 saturated heterocycles. The summed E-state index contributed by atoms with van der Waals surface area (Å²) in [5.74, 6) is 1.24. The van der Waals surface area contributed by atoms with Crippen molar-refractivity contribution in [2.75, 3.05) is 6.61 Å². The van der Waals surface area contributed by atoms with E-state index in [2.05, 4.69) is 0 Å². The number of hydrogen-bond acceptors (Lipinski definition) is 2. The predicted octanol–water partition coefficient (Wildman–Crippen LogP) is 2.03. The molecule has 1 aromatic rings. The standard InChI is InChI=1S/C10H12O2/c1-7-5-9(11)8-3-2-4-12-10(8)6-7/h5-6,11H,2-4H2,1H3. The number of ether oxygens (including phenoxy) is 1. The molecule has 0 unspecified atom stereocenters. The van der Waals surface area contributed by atoms with Gasteiger partial charge in [-0.2, -0.15) is 0 Å². The van der Waals surface area contributed by atoms with Gasteiger partial charge in [0, 0.05) is 5.56 Å². The molecule has 2 heteroatoms. The lowest BCUT2D eigenvalue weighted by atomic mass is 10.0. The van der Waals surface area contributed by atoms with Crippen molar-refractivity contribution < 1.29 is 9.84 Å². The minimum atomic E-state index is 0.379. The van der Waals surface area contributed by atoms with Gasteiger partial charge in [-0.15, -0.1) is 0 Å². The molecule has 2 nitrogen and oxygen atoms in total. The molecule has 0 fully saturated rings. The van der Waals surface area contributed by atoms with E-state index in [0.29, 0.717) is 5.75 Å². The number of phenolic OH excluding ortho intramolecular Hbond substituents is 1. The van der Waals surface area contributed by atoms with E-state index in [1.54, 1.807) is 6.07 Å². The Morgan fingerprint density at radius 1 is 1.42 bits per heavy atom. The summed E-state index contributed by atoms with van der Waals surface area (Å²) in [6.07, 6.45) is 1.94. The summed E-state index contributed by atoms with van der Waals surface area (Å²) in [5, 5.41) is 9.56. The van der Waals surface area contributed by atoms with E-state index in [1.165, 1.54) is 0 Å². The minimum absolute atomic E-state index is 0.379. The van der Waals surface area contributed by atoms with Gasteiger partial charge in [-0.1, -0.05) is 0 Å². The molecule has 1 aliphatic heterocycles. The second-order valence-electron chi connectivity index (χ2n) is 3.21. The van der Waals surface area contributed by atoms with Crippen LogP contribution in [-0.4, -0.2) is 11.7 Å². The molecule has 0 atom stereocenters. The van der Waals surface area contributed by atoms with Gasteiger partial charge in [0.2, 0.25) is 0 Å². The fourth-order valence-corrected chi connectivity index (χ4v) is 1.58. The summed E-state index contributed by atoms with van der Waals surface area (Å²) in [7, 11) is 0. The fourth-order valence-electron chi connectivity index (χ4n) is 1.58. The molecule has 0 aromatic heterocycles. The van der Waals surface area contributed by atoms with E-state index in [-0.39, 0.29) is 0 Å². The minimum Gasteiger partial charge on any atom is -0.508 e. The average molecular weight is 164 g/mol. The Balaban J connectivity index is 2.53. The zero-order valence-electron chi connectivity index (χ0n) is 7.13. The molecule has 1 aromatic carbocycles. The van der Waals surface area contributed by atoms with Crippen LogP contribution in [0, 0.1) is 6.92 Å². The monoisotopic (exact) mass is 164 g/mol. The van der Waals surface area contributed by atoms with Crippen molar-refractivity contribution in [2.45, 2.75) is 19.8 Å². The Morgan fingerprint density at radius 2 is 2.25 bits per heavy atom. The van der Waals surface area contributed by atoms with Crippen molar-refractivity contribution in [3.63, 3.8) is 0 Å². The highest BCUT2D eigenvalue weighted by Crippen LogP contribution is 2.33. The Labute approximate surface area is 71.8 Å². The molecule has 0 spiro atoms. The number of phenols is 1. The van der Waals surface area contributed by atoms with Gasteiger partial charge >= 0.3 is 0 Å². The van der Waals surface area contributed by atoms with Crippen molar-refractivity contribution in [2.24, 2.45) is 0 Å². The largest absolute Gasteiger partial charge is 0.508 e. The number of fused-ring (bicyclic) bond motifs is 1. The Bertz CT molecular complexity index is 305. The topological polar surface area (TPSA) is 29.5 Å². The first-order valence-corrected chi connectivity index (χ1v) is 4.22. The summed E-state index contributed by atoms with van der Waals surface area (Å²) in [6.45, 7) is 2.73. The number of aromatic hydroxyl groups is 1. The van der Waals surface area contributed by atoms with E-state index in [1.807, 2.05) is 13.0 Å². The van der Waals surface area contributed by atoms with Crippen LogP contribution in [0.3, 0.4) is 0 Å². The van der Waals surface area contributed by atoms with Gasteiger partial charge in [0.15, 0.2) is 0 Å². The van der Waals surface area contributed by atoms with Crippen LogP contribution in [0.5, 0.6) is 11.5 Å². The van der Waals surface area contributed by atoms with Crippen molar-refractivity contribution in [3.8, 4) is 11.5 Å². The maximum absolute atomic E-state index is 9.56. The summed E-state index contributed by atoms with van der Waals surface area (Å²) in [6, 6.07) is 3.77. The third-order valence-electron chi connectivity index (χ3n) is 2.16. The summed E-state index contributed by atoms with van der Waals surface area (Å²) >= 11 is 0. The van der Waals surface area contributed by atoms with Crippen LogP contribution >= 0.6 is 0 Å². The van der Waals surface area contributed by atoms with Crippen molar-refractivity contribution >= 4 is 0 Å². The number of hydrogen-bond donors (Lipinski definition) is 1. The van der Waals surface area contributed by atoms with Crippen LogP contribution < -0.4 is 4.74 Å². The third-order valence-corrected chi connectivity index (χ3v) is 2.16. The highest BCUT2D eigenvalue weighted by Gasteiger charge is 2.14. The van der Waals surface area contributed by atoms with Crippen LogP contribution in [0.25, 0.3) is 0 Å². The molecule has 1 aliphatic rings. The lowest BCUT2D eigenvalue weighted by Crippen LogP contribution is -2.08. The van der Waals surface area contributed by atoms with Gasteiger partial charge in [-0.25, -0.2) is 0 Å². The highest BCUT2D eigenvalue weighted by molar-refractivity contribution is 5.47. The highest BCUT2D eigenvalue weighted by atomic mass is 16.5. The lowest BCUT2D eigenvalue weighted by Gasteiger charge is -2.18. The fraction of sp³-hybridized carbons (Fsp3) is 0.400. The molecule has 0 radical (unpaired) electrons. The molecule has 2 rings (SSSR count). The molecular formula is C10H12O2. The summed E-state index contributed by atoms with van der Waals surface area (Å²) < 4.78 is 5.43. The number of rotatable bonds is 0. The zero-order chi connectivity index (χ0) is 8.55. The molecule has 0 aliphatic carbocycles. The van der Waals surface area contributed by atoms with Gasteiger partial charge in [-0.3, -0.25) is 0 Å². The lowest BCUT2D eigenvalue weighted by molar-refractivity contribution is 0.283. The molecule has 0 amide bonds. The van der Waals surface area contributed by atoms with Gasteiger partial charge in [0.25, 0.3) is 0 Å². The Morgan fingerprint density at radius 3 is 3.08 bits per heavy atom. The average Bonchev–Trinajstić information content (AvgIpc) is 2.04. The number of benzene rings is 1. The zero-order valence-corrected chi connectivity index (χ0v) is 7.13. The van der Waals surface area contributed by atoms with Crippen molar-refractivity contribution in [1.82, 2.24) is 0 Å².